The zero-order chi connectivity index (χ0) is 17.6. The van der Waals surface area contributed by atoms with Gasteiger partial charge in [-0.3, -0.25) is 4.79 Å². The molecule has 0 bridgehead atoms. The standard InChI is InChI=1S/C20H15F2NOS/c21-18-10-3-1-6-14(18)13-25-16-8-5-7-15(12-16)23-20(24)17-9-2-4-11-19(17)22/h1-12H,13H2,(H,23,24). The van der Waals surface area contributed by atoms with Crippen LogP contribution in [-0.2, 0) is 5.75 Å². The average molecular weight is 355 g/mol. The molecule has 0 aliphatic heterocycles. The summed E-state index contributed by atoms with van der Waals surface area (Å²) in [6, 6.07) is 19.6. The van der Waals surface area contributed by atoms with E-state index in [9.17, 15) is 13.6 Å². The molecule has 25 heavy (non-hydrogen) atoms. The van der Waals surface area contributed by atoms with Gasteiger partial charge in [0.2, 0.25) is 0 Å². The summed E-state index contributed by atoms with van der Waals surface area (Å²) in [5, 5.41) is 2.68. The molecule has 0 radical (unpaired) electrons. The summed E-state index contributed by atoms with van der Waals surface area (Å²) < 4.78 is 27.3. The number of anilines is 1. The molecule has 3 rings (SSSR count). The first-order valence-electron chi connectivity index (χ1n) is 7.65. The summed E-state index contributed by atoms with van der Waals surface area (Å²) in [7, 11) is 0. The maximum Gasteiger partial charge on any atom is 0.258 e. The second-order valence-corrected chi connectivity index (χ2v) is 6.39. The molecule has 0 unspecified atom stereocenters. The number of halogens is 2. The highest BCUT2D eigenvalue weighted by atomic mass is 32.2. The highest BCUT2D eigenvalue weighted by Crippen LogP contribution is 2.26. The molecule has 5 heteroatoms. The largest absolute Gasteiger partial charge is 0.322 e. The second-order valence-electron chi connectivity index (χ2n) is 5.34. The molecule has 0 saturated heterocycles. The van der Waals surface area contributed by atoms with E-state index in [-0.39, 0.29) is 11.4 Å². The van der Waals surface area contributed by atoms with Gasteiger partial charge in [0.15, 0.2) is 0 Å². The lowest BCUT2D eigenvalue weighted by molar-refractivity contribution is 0.102. The van der Waals surface area contributed by atoms with E-state index in [1.807, 2.05) is 6.07 Å². The van der Waals surface area contributed by atoms with Crippen LogP contribution in [-0.4, -0.2) is 5.91 Å². The van der Waals surface area contributed by atoms with Gasteiger partial charge in [-0.05, 0) is 42.0 Å². The first-order valence-corrected chi connectivity index (χ1v) is 8.64. The predicted molar refractivity (Wildman–Crippen MR) is 96.8 cm³/mol. The summed E-state index contributed by atoms with van der Waals surface area (Å²) in [4.78, 5) is 13.0. The van der Waals surface area contributed by atoms with Crippen molar-refractivity contribution in [2.75, 3.05) is 5.32 Å². The Morgan fingerprint density at radius 1 is 0.880 bits per heavy atom. The molecule has 126 valence electrons. The molecule has 0 spiro atoms. The zero-order valence-corrected chi connectivity index (χ0v) is 14.0. The van der Waals surface area contributed by atoms with Gasteiger partial charge in [-0.15, -0.1) is 11.8 Å². The van der Waals surface area contributed by atoms with Gasteiger partial charge in [0.25, 0.3) is 5.91 Å². The van der Waals surface area contributed by atoms with Gasteiger partial charge < -0.3 is 5.32 Å². The summed E-state index contributed by atoms with van der Waals surface area (Å²) in [5.41, 5.74) is 1.17. The number of hydrogen-bond acceptors (Lipinski definition) is 2. The fourth-order valence-corrected chi connectivity index (χ4v) is 3.23. The van der Waals surface area contributed by atoms with Crippen molar-refractivity contribution in [3.05, 3.63) is 95.6 Å². The minimum absolute atomic E-state index is 0.00749. The number of carbonyl (C=O) groups excluding carboxylic acids is 1. The van der Waals surface area contributed by atoms with E-state index in [0.717, 1.165) is 4.90 Å². The van der Waals surface area contributed by atoms with Crippen LogP contribution in [0.15, 0.2) is 77.7 Å². The van der Waals surface area contributed by atoms with Crippen molar-refractivity contribution in [3.8, 4) is 0 Å². The number of carbonyl (C=O) groups is 1. The molecule has 0 fully saturated rings. The molecule has 0 atom stereocenters. The SMILES string of the molecule is O=C(Nc1cccc(SCc2ccccc2F)c1)c1ccccc1F. The van der Waals surface area contributed by atoms with Gasteiger partial charge in [0.05, 0.1) is 5.56 Å². The maximum atomic E-state index is 13.7. The van der Waals surface area contributed by atoms with Crippen molar-refractivity contribution in [1.29, 1.82) is 0 Å². The van der Waals surface area contributed by atoms with Crippen molar-refractivity contribution in [1.82, 2.24) is 0 Å². The third kappa shape index (κ3) is 4.45. The molecule has 0 aromatic heterocycles. The Labute approximate surface area is 148 Å². The summed E-state index contributed by atoms with van der Waals surface area (Å²) >= 11 is 1.46. The predicted octanol–water partition coefficient (Wildman–Crippen LogP) is 5.51. The van der Waals surface area contributed by atoms with E-state index in [0.29, 0.717) is 17.0 Å². The Morgan fingerprint density at radius 3 is 2.36 bits per heavy atom. The highest BCUT2D eigenvalue weighted by Gasteiger charge is 2.11. The fraction of sp³-hybridized carbons (Fsp3) is 0.0500. The zero-order valence-electron chi connectivity index (χ0n) is 13.2. The Kier molecular flexibility index (Phi) is 5.46. The fourth-order valence-electron chi connectivity index (χ4n) is 2.28. The van der Waals surface area contributed by atoms with Crippen molar-refractivity contribution < 1.29 is 13.6 Å². The van der Waals surface area contributed by atoms with E-state index in [1.54, 1.807) is 42.5 Å². The summed E-state index contributed by atoms with van der Waals surface area (Å²) in [5.74, 6) is -0.823. The van der Waals surface area contributed by atoms with Crippen LogP contribution in [0, 0.1) is 11.6 Å². The average Bonchev–Trinajstić information content (AvgIpc) is 2.62. The molecular weight excluding hydrogens is 340 g/mol. The molecule has 0 aliphatic carbocycles. The first-order chi connectivity index (χ1) is 12.1. The van der Waals surface area contributed by atoms with Crippen LogP contribution in [0.25, 0.3) is 0 Å². The quantitative estimate of drug-likeness (QED) is 0.612. The topological polar surface area (TPSA) is 29.1 Å². The van der Waals surface area contributed by atoms with Crippen LogP contribution in [0.1, 0.15) is 15.9 Å². The molecule has 2 nitrogen and oxygen atoms in total. The minimum atomic E-state index is -0.565. The normalized spacial score (nSPS) is 10.5. The number of thioether (sulfide) groups is 1. The van der Waals surface area contributed by atoms with Gasteiger partial charge >= 0.3 is 0 Å². The molecule has 3 aromatic rings. The smallest absolute Gasteiger partial charge is 0.258 e. The van der Waals surface area contributed by atoms with Gasteiger partial charge in [0.1, 0.15) is 11.6 Å². The number of amides is 1. The molecule has 0 saturated carbocycles. The van der Waals surface area contributed by atoms with Crippen LogP contribution in [0.5, 0.6) is 0 Å². The molecular formula is C20H15F2NOS. The Hall–Kier alpha value is -2.66. The number of hydrogen-bond donors (Lipinski definition) is 1. The van der Waals surface area contributed by atoms with E-state index in [1.165, 1.54) is 36.0 Å². The van der Waals surface area contributed by atoms with Gasteiger partial charge in [-0.1, -0.05) is 36.4 Å². The van der Waals surface area contributed by atoms with Gasteiger partial charge in [-0.2, -0.15) is 0 Å². The third-order valence-electron chi connectivity index (χ3n) is 3.56. The van der Waals surface area contributed by atoms with Gasteiger partial charge in [-0.25, -0.2) is 8.78 Å². The number of rotatable bonds is 5. The Balaban J connectivity index is 1.68. The number of nitrogens with one attached hydrogen (secondary N) is 1. The maximum absolute atomic E-state index is 13.7. The van der Waals surface area contributed by atoms with Crippen LogP contribution in [0.4, 0.5) is 14.5 Å². The van der Waals surface area contributed by atoms with Crippen LogP contribution >= 0.6 is 11.8 Å². The summed E-state index contributed by atoms with van der Waals surface area (Å²) in [6.07, 6.45) is 0. The van der Waals surface area contributed by atoms with E-state index in [4.69, 9.17) is 0 Å². The van der Waals surface area contributed by atoms with Crippen molar-refractivity contribution in [3.63, 3.8) is 0 Å². The molecule has 1 amide bonds. The lowest BCUT2D eigenvalue weighted by atomic mass is 10.2. The monoisotopic (exact) mass is 355 g/mol. The summed E-state index contributed by atoms with van der Waals surface area (Å²) in [6.45, 7) is 0. The van der Waals surface area contributed by atoms with E-state index >= 15 is 0 Å². The minimum Gasteiger partial charge on any atom is -0.322 e. The van der Waals surface area contributed by atoms with Gasteiger partial charge in [0, 0.05) is 16.3 Å². The Morgan fingerprint density at radius 2 is 1.60 bits per heavy atom. The van der Waals surface area contributed by atoms with E-state index in [2.05, 4.69) is 5.32 Å². The molecule has 0 heterocycles. The third-order valence-corrected chi connectivity index (χ3v) is 4.61. The van der Waals surface area contributed by atoms with Crippen molar-refractivity contribution in [2.45, 2.75) is 10.6 Å². The number of benzene rings is 3. The van der Waals surface area contributed by atoms with Crippen molar-refractivity contribution >= 4 is 23.4 Å². The molecule has 3 aromatic carbocycles. The van der Waals surface area contributed by atoms with Crippen LogP contribution in [0.3, 0.4) is 0 Å². The first kappa shape index (κ1) is 17.2. The van der Waals surface area contributed by atoms with Crippen LogP contribution in [0.2, 0.25) is 0 Å². The lowest BCUT2D eigenvalue weighted by Gasteiger charge is -2.08. The second kappa shape index (κ2) is 7.94. The highest BCUT2D eigenvalue weighted by molar-refractivity contribution is 7.98. The van der Waals surface area contributed by atoms with E-state index < -0.39 is 11.7 Å². The lowest BCUT2D eigenvalue weighted by Crippen LogP contribution is -2.13. The molecule has 0 aliphatic rings. The molecule has 1 N–H and O–H groups in total. The van der Waals surface area contributed by atoms with Crippen molar-refractivity contribution in [2.24, 2.45) is 0 Å². The Bertz CT molecular complexity index is 898. The van der Waals surface area contributed by atoms with Crippen LogP contribution < -0.4 is 5.32 Å².